The zero-order valence-corrected chi connectivity index (χ0v) is 13.4. The second kappa shape index (κ2) is 8.09. The van der Waals surface area contributed by atoms with Gasteiger partial charge in [-0.15, -0.1) is 0 Å². The molecule has 0 radical (unpaired) electrons. The Labute approximate surface area is 136 Å². The molecule has 0 bridgehead atoms. The van der Waals surface area contributed by atoms with Crippen LogP contribution in [0.5, 0.6) is 0 Å². The van der Waals surface area contributed by atoms with Crippen LogP contribution in [0.1, 0.15) is 50.5 Å². The number of hydrogen-bond donors (Lipinski definition) is 2. The minimum atomic E-state index is -1.02. The quantitative estimate of drug-likeness (QED) is 0.844. The monoisotopic (exact) mass is 321 g/mol. The van der Waals surface area contributed by atoms with Gasteiger partial charge in [0.05, 0.1) is 5.92 Å². The number of carbonyl (C=O) groups is 2. The fraction of sp³-hybridized carbons (Fsp3) is 0.556. The molecule has 1 aromatic carbocycles. The van der Waals surface area contributed by atoms with E-state index in [1.807, 2.05) is 0 Å². The first-order valence-electron chi connectivity index (χ1n) is 8.20. The summed E-state index contributed by atoms with van der Waals surface area (Å²) in [7, 11) is 0. The number of carbonyl (C=O) groups excluding carboxylic acids is 1. The van der Waals surface area contributed by atoms with E-state index in [2.05, 4.69) is 12.2 Å². The van der Waals surface area contributed by atoms with Crippen molar-refractivity contribution in [2.45, 2.75) is 44.9 Å². The van der Waals surface area contributed by atoms with E-state index in [9.17, 15) is 19.1 Å². The van der Waals surface area contributed by atoms with Gasteiger partial charge in [-0.1, -0.05) is 31.9 Å². The zero-order chi connectivity index (χ0) is 16.8. The van der Waals surface area contributed by atoms with Gasteiger partial charge in [0.25, 0.3) is 0 Å². The standard InChI is InChI=1S/C18H24FNO3/c1-12-3-2-4-13(9-12)10-17(21)20-11-16(18(22)23)14-5-7-15(19)8-6-14/h5-8,12-13,16H,2-4,9-11H2,1H3,(H,20,21)(H,22,23). The first-order valence-corrected chi connectivity index (χ1v) is 8.20. The average molecular weight is 321 g/mol. The molecule has 3 atom stereocenters. The number of nitrogens with one attached hydrogen (secondary N) is 1. The molecule has 1 aliphatic carbocycles. The predicted molar refractivity (Wildman–Crippen MR) is 85.5 cm³/mol. The summed E-state index contributed by atoms with van der Waals surface area (Å²) < 4.78 is 12.9. The van der Waals surface area contributed by atoms with Crippen molar-refractivity contribution < 1.29 is 19.1 Å². The molecule has 0 aromatic heterocycles. The Balaban J connectivity index is 1.87. The van der Waals surface area contributed by atoms with E-state index >= 15 is 0 Å². The molecule has 4 nitrogen and oxygen atoms in total. The minimum Gasteiger partial charge on any atom is -0.481 e. The minimum absolute atomic E-state index is 0.0298. The van der Waals surface area contributed by atoms with Gasteiger partial charge >= 0.3 is 5.97 Å². The van der Waals surface area contributed by atoms with Gasteiger partial charge in [0.1, 0.15) is 5.82 Å². The SMILES string of the molecule is CC1CCCC(CC(=O)NCC(C(=O)O)c2ccc(F)cc2)C1. The van der Waals surface area contributed by atoms with Gasteiger partial charge in [-0.25, -0.2) is 4.39 Å². The highest BCUT2D eigenvalue weighted by molar-refractivity contribution is 5.79. The Bertz CT molecular complexity index is 544. The lowest BCUT2D eigenvalue weighted by atomic mass is 9.81. The Morgan fingerprint density at radius 2 is 2.00 bits per heavy atom. The highest BCUT2D eigenvalue weighted by Crippen LogP contribution is 2.30. The van der Waals surface area contributed by atoms with Gasteiger partial charge in [0.2, 0.25) is 5.91 Å². The maximum atomic E-state index is 12.9. The molecule has 2 rings (SSSR count). The molecule has 1 fully saturated rings. The van der Waals surface area contributed by atoms with E-state index in [0.29, 0.717) is 23.8 Å². The molecule has 2 N–H and O–H groups in total. The Morgan fingerprint density at radius 1 is 1.30 bits per heavy atom. The summed E-state index contributed by atoms with van der Waals surface area (Å²) in [5.74, 6) is -1.33. The maximum absolute atomic E-state index is 12.9. The molecular weight excluding hydrogens is 297 g/mol. The molecule has 1 aromatic rings. The van der Waals surface area contributed by atoms with Gasteiger partial charge in [-0.05, 0) is 42.4 Å². The van der Waals surface area contributed by atoms with Crippen molar-refractivity contribution in [2.75, 3.05) is 6.54 Å². The first kappa shape index (κ1) is 17.4. The number of carboxylic acids is 1. The number of rotatable bonds is 6. The van der Waals surface area contributed by atoms with Crippen molar-refractivity contribution in [1.29, 1.82) is 0 Å². The molecule has 0 heterocycles. The van der Waals surface area contributed by atoms with Gasteiger partial charge in [-0.3, -0.25) is 9.59 Å². The number of halogens is 1. The molecule has 126 valence electrons. The zero-order valence-electron chi connectivity index (χ0n) is 13.4. The highest BCUT2D eigenvalue weighted by atomic mass is 19.1. The molecule has 0 spiro atoms. The third-order valence-corrected chi connectivity index (χ3v) is 4.59. The Morgan fingerprint density at radius 3 is 2.61 bits per heavy atom. The molecule has 3 unspecified atom stereocenters. The first-order chi connectivity index (χ1) is 11.0. The van der Waals surface area contributed by atoms with Crippen LogP contribution in [0.2, 0.25) is 0 Å². The molecule has 0 saturated heterocycles. The number of aliphatic carboxylic acids is 1. The summed E-state index contributed by atoms with van der Waals surface area (Å²) in [5, 5.41) is 12.0. The summed E-state index contributed by atoms with van der Waals surface area (Å²) in [5.41, 5.74) is 0.491. The van der Waals surface area contributed by atoms with E-state index < -0.39 is 17.7 Å². The van der Waals surface area contributed by atoms with Gasteiger partial charge in [0.15, 0.2) is 0 Å². The van der Waals surface area contributed by atoms with Crippen LogP contribution < -0.4 is 5.32 Å². The van der Waals surface area contributed by atoms with E-state index in [-0.39, 0.29) is 12.5 Å². The van der Waals surface area contributed by atoms with Gasteiger partial charge in [0, 0.05) is 13.0 Å². The van der Waals surface area contributed by atoms with Crippen molar-refractivity contribution in [2.24, 2.45) is 11.8 Å². The number of amides is 1. The topological polar surface area (TPSA) is 66.4 Å². The molecule has 23 heavy (non-hydrogen) atoms. The van der Waals surface area contributed by atoms with Crippen LogP contribution in [0.3, 0.4) is 0 Å². The predicted octanol–water partition coefficient (Wildman–Crippen LogP) is 3.33. The highest BCUT2D eigenvalue weighted by Gasteiger charge is 2.24. The summed E-state index contributed by atoms with van der Waals surface area (Å²) in [6.07, 6.45) is 4.97. The number of benzene rings is 1. The van der Waals surface area contributed by atoms with E-state index in [1.165, 1.54) is 30.7 Å². The van der Waals surface area contributed by atoms with Gasteiger partial charge in [-0.2, -0.15) is 0 Å². The largest absolute Gasteiger partial charge is 0.481 e. The smallest absolute Gasteiger partial charge is 0.312 e. The van der Waals surface area contributed by atoms with Crippen LogP contribution in [0, 0.1) is 17.7 Å². The Hall–Kier alpha value is -1.91. The lowest BCUT2D eigenvalue weighted by molar-refractivity contribution is -0.138. The maximum Gasteiger partial charge on any atom is 0.312 e. The molecule has 0 aliphatic heterocycles. The van der Waals surface area contributed by atoms with Crippen molar-refractivity contribution in [1.82, 2.24) is 5.32 Å². The van der Waals surface area contributed by atoms with Crippen molar-refractivity contribution >= 4 is 11.9 Å². The van der Waals surface area contributed by atoms with Crippen molar-refractivity contribution in [3.8, 4) is 0 Å². The normalized spacial score (nSPS) is 22.3. The summed E-state index contributed by atoms with van der Waals surface area (Å²) in [6.45, 7) is 2.24. The van der Waals surface area contributed by atoms with E-state index in [4.69, 9.17) is 0 Å². The number of carboxylic acid groups (broad SMARTS) is 1. The van der Waals surface area contributed by atoms with Crippen LogP contribution in [-0.2, 0) is 9.59 Å². The second-order valence-electron chi connectivity index (χ2n) is 6.59. The van der Waals surface area contributed by atoms with Crippen molar-refractivity contribution in [3.05, 3.63) is 35.6 Å². The average Bonchev–Trinajstić information content (AvgIpc) is 2.49. The summed E-state index contributed by atoms with van der Waals surface area (Å²) in [6, 6.07) is 5.36. The van der Waals surface area contributed by atoms with E-state index in [0.717, 1.165) is 19.3 Å². The van der Waals surface area contributed by atoms with Crippen LogP contribution in [-0.4, -0.2) is 23.5 Å². The fourth-order valence-corrected chi connectivity index (χ4v) is 3.34. The Kier molecular flexibility index (Phi) is 6.13. The van der Waals surface area contributed by atoms with E-state index in [1.54, 1.807) is 0 Å². The van der Waals surface area contributed by atoms with Gasteiger partial charge < -0.3 is 10.4 Å². The molecule has 1 amide bonds. The summed E-state index contributed by atoms with van der Waals surface area (Å²) >= 11 is 0. The number of hydrogen-bond acceptors (Lipinski definition) is 2. The molecular formula is C18H24FNO3. The van der Waals surface area contributed by atoms with Crippen molar-refractivity contribution in [3.63, 3.8) is 0 Å². The lowest BCUT2D eigenvalue weighted by Gasteiger charge is -2.26. The van der Waals surface area contributed by atoms with Crippen LogP contribution in [0.15, 0.2) is 24.3 Å². The third kappa shape index (κ3) is 5.34. The molecule has 5 heteroatoms. The lowest BCUT2D eigenvalue weighted by Crippen LogP contribution is -2.33. The molecule has 1 aliphatic rings. The summed E-state index contributed by atoms with van der Waals surface area (Å²) in [4.78, 5) is 23.5. The third-order valence-electron chi connectivity index (χ3n) is 4.59. The van der Waals surface area contributed by atoms with Crippen LogP contribution >= 0.6 is 0 Å². The van der Waals surface area contributed by atoms with Crippen LogP contribution in [0.25, 0.3) is 0 Å². The second-order valence-corrected chi connectivity index (χ2v) is 6.59. The molecule has 1 saturated carbocycles. The fourth-order valence-electron chi connectivity index (χ4n) is 3.34. The van der Waals surface area contributed by atoms with Crippen LogP contribution in [0.4, 0.5) is 4.39 Å².